The molecule has 0 radical (unpaired) electrons. The molecule has 3 fully saturated rings. The maximum Gasteiger partial charge on any atom is 0.123 e. The zero-order valence-electron chi connectivity index (χ0n) is 22.6. The molecular weight excluding hydrogens is 447 g/mol. The Balaban J connectivity index is 1.28. The number of hydrogen-bond donors (Lipinski definition) is 1. The van der Waals surface area contributed by atoms with E-state index in [4.69, 9.17) is 0 Å². The zero-order chi connectivity index (χ0) is 25.1. The third-order valence-electron chi connectivity index (χ3n) is 9.28. The van der Waals surface area contributed by atoms with Crippen LogP contribution in [0, 0.1) is 18.7 Å². The molecule has 5 rings (SSSR count). The Morgan fingerprint density at radius 1 is 1.00 bits per heavy atom. The lowest BCUT2D eigenvalue weighted by molar-refractivity contribution is -0.0360. The Hall–Kier alpha value is -1.79. The van der Waals surface area contributed by atoms with E-state index in [2.05, 4.69) is 71.1 Å². The summed E-state index contributed by atoms with van der Waals surface area (Å²) in [5.41, 5.74) is 4.19. The molecule has 3 saturated heterocycles. The average Bonchev–Trinajstić information content (AvgIpc) is 2.88. The maximum atomic E-state index is 14.4. The molecule has 0 aliphatic carbocycles. The predicted molar refractivity (Wildman–Crippen MR) is 147 cm³/mol. The zero-order valence-corrected chi connectivity index (χ0v) is 22.6. The minimum atomic E-state index is -0.109. The highest BCUT2D eigenvalue weighted by Crippen LogP contribution is 2.39. The van der Waals surface area contributed by atoms with Gasteiger partial charge in [0.05, 0.1) is 0 Å². The van der Waals surface area contributed by atoms with Crippen molar-refractivity contribution in [2.45, 2.75) is 70.6 Å². The average molecular weight is 493 g/mol. The smallest absolute Gasteiger partial charge is 0.123 e. The van der Waals surface area contributed by atoms with Crippen LogP contribution in [0.25, 0.3) is 0 Å². The normalized spacial score (nSPS) is 25.6. The molecule has 2 unspecified atom stereocenters. The van der Waals surface area contributed by atoms with Gasteiger partial charge in [-0.1, -0.05) is 42.0 Å². The minimum Gasteiger partial charge on any atom is -0.317 e. The molecule has 0 aromatic heterocycles. The van der Waals surface area contributed by atoms with Crippen LogP contribution in [0.5, 0.6) is 0 Å². The fourth-order valence-electron chi connectivity index (χ4n) is 6.96. The molecule has 2 aromatic carbocycles. The second kappa shape index (κ2) is 11.3. The van der Waals surface area contributed by atoms with Crippen molar-refractivity contribution in [2.75, 3.05) is 45.8 Å². The number of halogens is 1. The van der Waals surface area contributed by atoms with Crippen molar-refractivity contribution in [3.63, 3.8) is 0 Å². The molecule has 5 heteroatoms. The summed E-state index contributed by atoms with van der Waals surface area (Å²) in [6.07, 6.45) is 4.80. The van der Waals surface area contributed by atoms with E-state index in [-0.39, 0.29) is 5.82 Å². The van der Waals surface area contributed by atoms with Crippen molar-refractivity contribution in [3.8, 4) is 0 Å². The fourth-order valence-corrected chi connectivity index (χ4v) is 6.96. The minimum absolute atomic E-state index is 0.109. The third-order valence-corrected chi connectivity index (χ3v) is 9.28. The maximum absolute atomic E-state index is 14.4. The van der Waals surface area contributed by atoms with Crippen molar-refractivity contribution in [1.29, 1.82) is 0 Å². The molecular formula is C31H45FN4. The van der Waals surface area contributed by atoms with Crippen molar-refractivity contribution in [3.05, 3.63) is 71.0 Å². The van der Waals surface area contributed by atoms with Crippen LogP contribution in [0.1, 0.15) is 62.3 Å². The Labute approximate surface area is 217 Å². The van der Waals surface area contributed by atoms with Crippen LogP contribution in [0.3, 0.4) is 0 Å². The van der Waals surface area contributed by atoms with Crippen molar-refractivity contribution in [2.24, 2.45) is 5.92 Å². The highest BCUT2D eigenvalue weighted by Gasteiger charge is 2.41. The molecule has 2 aromatic rings. The second-order valence-corrected chi connectivity index (χ2v) is 11.9. The lowest BCUT2D eigenvalue weighted by Crippen LogP contribution is -2.62. The van der Waals surface area contributed by atoms with E-state index in [1.165, 1.54) is 42.4 Å². The molecule has 0 amide bonds. The number of aryl methyl sites for hydroxylation is 1. The highest BCUT2D eigenvalue weighted by molar-refractivity contribution is 5.23. The van der Waals surface area contributed by atoms with Gasteiger partial charge in [0.2, 0.25) is 0 Å². The molecule has 0 spiro atoms. The molecule has 0 saturated carbocycles. The van der Waals surface area contributed by atoms with Crippen LogP contribution in [-0.4, -0.2) is 72.1 Å². The first kappa shape index (κ1) is 25.8. The molecule has 3 aliphatic rings. The number of likely N-dealkylation sites (tertiary alicyclic amines) is 1. The van der Waals surface area contributed by atoms with Crippen LogP contribution in [-0.2, 0) is 6.54 Å². The van der Waals surface area contributed by atoms with Crippen molar-refractivity contribution < 1.29 is 4.39 Å². The molecule has 3 heterocycles. The van der Waals surface area contributed by atoms with E-state index < -0.39 is 0 Å². The third kappa shape index (κ3) is 5.85. The number of rotatable bonds is 6. The lowest BCUT2D eigenvalue weighted by Gasteiger charge is -2.53. The first-order valence-corrected chi connectivity index (χ1v) is 14.2. The number of hydrogen-bond acceptors (Lipinski definition) is 4. The van der Waals surface area contributed by atoms with Gasteiger partial charge in [-0.05, 0) is 102 Å². The fraction of sp³-hybridized carbons (Fsp3) is 0.613. The number of nitrogens with one attached hydrogen (secondary N) is 1. The number of piperidine rings is 2. The van der Waals surface area contributed by atoms with Gasteiger partial charge in [0.25, 0.3) is 0 Å². The van der Waals surface area contributed by atoms with Gasteiger partial charge in [0.1, 0.15) is 5.82 Å². The molecule has 196 valence electrons. The first-order chi connectivity index (χ1) is 17.4. The van der Waals surface area contributed by atoms with Gasteiger partial charge >= 0.3 is 0 Å². The van der Waals surface area contributed by atoms with Gasteiger partial charge in [-0.3, -0.25) is 14.7 Å². The van der Waals surface area contributed by atoms with Crippen molar-refractivity contribution >= 4 is 0 Å². The molecule has 36 heavy (non-hydrogen) atoms. The van der Waals surface area contributed by atoms with Gasteiger partial charge in [0, 0.05) is 43.8 Å². The predicted octanol–water partition coefficient (Wildman–Crippen LogP) is 5.24. The second-order valence-electron chi connectivity index (χ2n) is 11.9. The van der Waals surface area contributed by atoms with Gasteiger partial charge in [0.15, 0.2) is 0 Å². The summed E-state index contributed by atoms with van der Waals surface area (Å²) in [5.74, 6) is 0.451. The van der Waals surface area contributed by atoms with E-state index >= 15 is 0 Å². The van der Waals surface area contributed by atoms with E-state index in [0.717, 1.165) is 52.4 Å². The summed E-state index contributed by atoms with van der Waals surface area (Å²) in [6, 6.07) is 17.2. The van der Waals surface area contributed by atoms with Crippen LogP contribution < -0.4 is 5.32 Å². The Morgan fingerprint density at radius 3 is 2.39 bits per heavy atom. The highest BCUT2D eigenvalue weighted by atomic mass is 19.1. The lowest BCUT2D eigenvalue weighted by atomic mass is 9.82. The quantitative estimate of drug-likeness (QED) is 0.596. The number of benzene rings is 2. The van der Waals surface area contributed by atoms with Crippen LogP contribution in [0.2, 0.25) is 0 Å². The van der Waals surface area contributed by atoms with Crippen molar-refractivity contribution in [1.82, 2.24) is 20.0 Å². The van der Waals surface area contributed by atoms with Gasteiger partial charge in [-0.25, -0.2) is 4.39 Å². The largest absolute Gasteiger partial charge is 0.317 e. The summed E-state index contributed by atoms with van der Waals surface area (Å²) < 4.78 is 14.4. The SMILES string of the molecule is Cc1ccc(CN2CCC(C(c3cccc(F)c3)N3CCN(C4(C)CCNCC4)CC3C)CC2)cc1. The van der Waals surface area contributed by atoms with Crippen LogP contribution in [0.15, 0.2) is 48.5 Å². The summed E-state index contributed by atoms with van der Waals surface area (Å²) >= 11 is 0. The Bertz CT molecular complexity index is 978. The summed E-state index contributed by atoms with van der Waals surface area (Å²) in [5, 5.41) is 3.53. The molecule has 1 N–H and O–H groups in total. The molecule has 4 nitrogen and oxygen atoms in total. The Morgan fingerprint density at radius 2 is 1.72 bits per heavy atom. The van der Waals surface area contributed by atoms with Gasteiger partial charge < -0.3 is 5.32 Å². The van der Waals surface area contributed by atoms with E-state index in [1.54, 1.807) is 12.1 Å². The summed E-state index contributed by atoms with van der Waals surface area (Å²) in [4.78, 5) is 8.07. The van der Waals surface area contributed by atoms with Crippen LogP contribution >= 0.6 is 0 Å². The monoisotopic (exact) mass is 492 g/mol. The standard InChI is InChI=1S/C31H45FN4/c1-24-7-9-26(10-8-24)23-34-17-11-27(12-18-34)30(28-5-4-6-29(32)21-28)36-20-19-35(22-25(36)2)31(3)13-15-33-16-14-31/h4-10,21,25,27,30,33H,11-20,22-23H2,1-3H3. The number of nitrogens with zero attached hydrogens (tertiary/aromatic N) is 3. The summed E-state index contributed by atoms with van der Waals surface area (Å²) in [6.45, 7) is 15.8. The van der Waals surface area contributed by atoms with E-state index in [9.17, 15) is 4.39 Å². The van der Waals surface area contributed by atoms with Gasteiger partial charge in [-0.15, -0.1) is 0 Å². The number of piperazine rings is 1. The molecule has 2 atom stereocenters. The van der Waals surface area contributed by atoms with Gasteiger partial charge in [-0.2, -0.15) is 0 Å². The topological polar surface area (TPSA) is 21.8 Å². The Kier molecular flexibility index (Phi) is 8.11. The molecule has 3 aliphatic heterocycles. The van der Waals surface area contributed by atoms with Crippen LogP contribution in [0.4, 0.5) is 4.39 Å². The van der Waals surface area contributed by atoms with E-state index in [1.807, 2.05) is 6.07 Å². The van der Waals surface area contributed by atoms with E-state index in [0.29, 0.717) is 23.5 Å². The summed E-state index contributed by atoms with van der Waals surface area (Å²) in [7, 11) is 0. The molecule has 0 bridgehead atoms. The first-order valence-electron chi connectivity index (χ1n) is 14.2.